The summed E-state index contributed by atoms with van der Waals surface area (Å²) in [5.74, 6) is -2.01. The van der Waals surface area contributed by atoms with E-state index < -0.39 is 29.9 Å². The number of amides is 2. The first-order valence-electron chi connectivity index (χ1n) is 9.99. The second kappa shape index (κ2) is 7.62. The predicted octanol–water partition coefficient (Wildman–Crippen LogP) is 4.55. The van der Waals surface area contributed by atoms with Crippen molar-refractivity contribution in [3.05, 3.63) is 76.1 Å². The van der Waals surface area contributed by atoms with E-state index in [2.05, 4.69) is 6.58 Å². The molecule has 0 fully saturated rings. The lowest BCUT2D eigenvalue weighted by molar-refractivity contribution is -0.126. The molecule has 4 rings (SSSR count). The highest BCUT2D eigenvalue weighted by atomic mass is 19.4. The number of carbonyl (C=O) groups is 2. The van der Waals surface area contributed by atoms with Crippen molar-refractivity contribution in [2.45, 2.75) is 32.5 Å². The molecule has 2 amide bonds. The standard InChI is InChI=1S/C24H20F4N2O2/c1-3-20(31)30-8-7-14-13(11-30)5-4-6-15(14)22-19(25)10-17(23(29)32)16-9-18(24(26,27)28)12(2)21(16)22/h3-6,10H,1,7-9,11H2,2H3,(H2,29,32). The van der Waals surface area contributed by atoms with Gasteiger partial charge >= 0.3 is 6.18 Å². The molecule has 0 atom stereocenters. The molecule has 1 aliphatic carbocycles. The average molecular weight is 444 g/mol. The molecule has 2 aliphatic rings. The molecule has 2 aromatic carbocycles. The molecular formula is C24H20F4N2O2. The number of benzene rings is 2. The summed E-state index contributed by atoms with van der Waals surface area (Å²) in [7, 11) is 0. The number of nitrogens with two attached hydrogens (primary N) is 1. The van der Waals surface area contributed by atoms with Crippen LogP contribution in [0.4, 0.5) is 17.6 Å². The first-order valence-corrected chi connectivity index (χ1v) is 9.99. The molecule has 1 aliphatic heterocycles. The van der Waals surface area contributed by atoms with E-state index in [0.717, 1.165) is 17.2 Å². The van der Waals surface area contributed by atoms with Crippen LogP contribution < -0.4 is 5.73 Å². The van der Waals surface area contributed by atoms with Gasteiger partial charge in [-0.1, -0.05) is 24.8 Å². The van der Waals surface area contributed by atoms with Gasteiger partial charge in [-0.2, -0.15) is 13.2 Å². The number of hydrogen-bond donors (Lipinski definition) is 1. The van der Waals surface area contributed by atoms with Crippen LogP contribution in [0.25, 0.3) is 16.7 Å². The molecule has 2 aromatic rings. The third kappa shape index (κ3) is 3.39. The number of halogens is 4. The van der Waals surface area contributed by atoms with E-state index in [-0.39, 0.29) is 33.7 Å². The normalized spacial score (nSPS) is 15.5. The van der Waals surface area contributed by atoms with Gasteiger partial charge in [0.05, 0.1) is 0 Å². The van der Waals surface area contributed by atoms with E-state index >= 15 is 4.39 Å². The molecule has 0 bridgehead atoms. The van der Waals surface area contributed by atoms with Crippen LogP contribution in [0.1, 0.15) is 39.5 Å². The van der Waals surface area contributed by atoms with Gasteiger partial charge in [-0.25, -0.2) is 4.39 Å². The van der Waals surface area contributed by atoms with Gasteiger partial charge in [0, 0.05) is 36.2 Å². The Morgan fingerprint density at radius 1 is 1.19 bits per heavy atom. The lowest BCUT2D eigenvalue weighted by Crippen LogP contribution is -2.35. The number of primary amides is 1. The maximum Gasteiger partial charge on any atom is 0.413 e. The maximum absolute atomic E-state index is 15.4. The molecule has 8 heteroatoms. The number of nitrogens with zero attached hydrogens (tertiary/aromatic N) is 1. The van der Waals surface area contributed by atoms with Crippen LogP contribution in [0, 0.1) is 5.82 Å². The van der Waals surface area contributed by atoms with Crippen LogP contribution in [0.15, 0.2) is 42.5 Å². The highest BCUT2D eigenvalue weighted by molar-refractivity contribution is 6.00. The van der Waals surface area contributed by atoms with Crippen LogP contribution in [-0.4, -0.2) is 29.4 Å². The van der Waals surface area contributed by atoms with Crippen LogP contribution in [-0.2, 0) is 24.2 Å². The average Bonchev–Trinajstić information content (AvgIpc) is 3.09. The fraction of sp³-hybridized carbons (Fsp3) is 0.250. The summed E-state index contributed by atoms with van der Waals surface area (Å²) in [6, 6.07) is 6.08. The summed E-state index contributed by atoms with van der Waals surface area (Å²) in [4.78, 5) is 25.5. The second-order valence-corrected chi connectivity index (χ2v) is 7.93. The summed E-state index contributed by atoms with van der Waals surface area (Å²) < 4.78 is 56.4. The Balaban J connectivity index is 1.96. The Hall–Kier alpha value is -3.42. The fourth-order valence-corrected chi connectivity index (χ4v) is 4.71. The minimum atomic E-state index is -4.62. The van der Waals surface area contributed by atoms with Crippen molar-refractivity contribution in [2.24, 2.45) is 5.73 Å². The van der Waals surface area contributed by atoms with Gasteiger partial charge in [-0.15, -0.1) is 0 Å². The van der Waals surface area contributed by atoms with Crippen molar-refractivity contribution in [1.82, 2.24) is 4.90 Å². The molecule has 0 aromatic heterocycles. The van der Waals surface area contributed by atoms with Gasteiger partial charge < -0.3 is 10.6 Å². The summed E-state index contributed by atoms with van der Waals surface area (Å²) in [5.41, 5.74) is 6.40. The van der Waals surface area contributed by atoms with E-state index in [1.165, 1.54) is 13.0 Å². The Kier molecular flexibility index (Phi) is 5.19. The lowest BCUT2D eigenvalue weighted by atomic mass is 9.85. The Morgan fingerprint density at radius 2 is 1.91 bits per heavy atom. The monoisotopic (exact) mass is 444 g/mol. The number of carbonyl (C=O) groups excluding carboxylic acids is 2. The minimum absolute atomic E-state index is 0.0297. The van der Waals surface area contributed by atoms with E-state index in [1.54, 1.807) is 23.1 Å². The zero-order chi connectivity index (χ0) is 23.4. The first-order chi connectivity index (χ1) is 15.0. The molecule has 0 unspecified atom stereocenters. The molecule has 1 heterocycles. The fourth-order valence-electron chi connectivity index (χ4n) is 4.71. The lowest BCUT2D eigenvalue weighted by Gasteiger charge is -2.30. The SMILES string of the molecule is C=CC(=O)N1CCc2c(cccc2-c2c(F)cc(C(N)=O)c3c2C(C)=C(C(F)(F)F)C3)C1. The van der Waals surface area contributed by atoms with Gasteiger partial charge in [0.2, 0.25) is 11.8 Å². The van der Waals surface area contributed by atoms with Gasteiger partial charge in [0.25, 0.3) is 0 Å². The minimum Gasteiger partial charge on any atom is -0.366 e. The summed E-state index contributed by atoms with van der Waals surface area (Å²) >= 11 is 0. The van der Waals surface area contributed by atoms with Gasteiger partial charge in [-0.3, -0.25) is 9.59 Å². The Bertz CT molecular complexity index is 1210. The van der Waals surface area contributed by atoms with Gasteiger partial charge in [-0.05, 0) is 58.9 Å². The highest BCUT2D eigenvalue weighted by Crippen LogP contribution is 2.48. The Morgan fingerprint density at radius 3 is 2.53 bits per heavy atom. The number of allylic oxidation sites excluding steroid dienone is 2. The quantitative estimate of drug-likeness (QED) is 0.558. The highest BCUT2D eigenvalue weighted by Gasteiger charge is 2.42. The third-order valence-corrected chi connectivity index (χ3v) is 6.20. The van der Waals surface area contributed by atoms with Crippen molar-refractivity contribution in [3.63, 3.8) is 0 Å². The van der Waals surface area contributed by atoms with E-state index in [1.807, 2.05) is 0 Å². The molecule has 32 heavy (non-hydrogen) atoms. The van der Waals surface area contributed by atoms with Crippen LogP contribution in [0.2, 0.25) is 0 Å². The van der Waals surface area contributed by atoms with Crippen LogP contribution in [0.3, 0.4) is 0 Å². The largest absolute Gasteiger partial charge is 0.413 e. The second-order valence-electron chi connectivity index (χ2n) is 7.93. The third-order valence-electron chi connectivity index (χ3n) is 6.20. The molecule has 0 radical (unpaired) electrons. The molecule has 0 saturated carbocycles. The number of alkyl halides is 3. The molecule has 166 valence electrons. The van der Waals surface area contributed by atoms with E-state index in [9.17, 15) is 22.8 Å². The molecule has 4 nitrogen and oxygen atoms in total. The number of fused-ring (bicyclic) bond motifs is 2. The van der Waals surface area contributed by atoms with Crippen LogP contribution in [0.5, 0.6) is 0 Å². The molecular weight excluding hydrogens is 424 g/mol. The Labute approximate surface area is 182 Å². The zero-order valence-corrected chi connectivity index (χ0v) is 17.3. The molecule has 2 N–H and O–H groups in total. The van der Waals surface area contributed by atoms with Crippen molar-refractivity contribution < 1.29 is 27.2 Å². The first kappa shape index (κ1) is 21.8. The maximum atomic E-state index is 15.4. The van der Waals surface area contributed by atoms with E-state index in [4.69, 9.17) is 5.73 Å². The van der Waals surface area contributed by atoms with Crippen LogP contribution >= 0.6 is 0 Å². The van der Waals surface area contributed by atoms with Crippen molar-refractivity contribution in [3.8, 4) is 11.1 Å². The predicted molar refractivity (Wildman–Crippen MR) is 112 cm³/mol. The topological polar surface area (TPSA) is 63.4 Å². The number of hydrogen-bond acceptors (Lipinski definition) is 2. The number of rotatable bonds is 3. The van der Waals surface area contributed by atoms with Crippen molar-refractivity contribution >= 4 is 17.4 Å². The van der Waals surface area contributed by atoms with Crippen molar-refractivity contribution in [2.75, 3.05) is 6.54 Å². The summed E-state index contributed by atoms with van der Waals surface area (Å²) in [5, 5.41) is 0. The van der Waals surface area contributed by atoms with Gasteiger partial charge in [0.15, 0.2) is 0 Å². The smallest absolute Gasteiger partial charge is 0.366 e. The van der Waals surface area contributed by atoms with Gasteiger partial charge in [0.1, 0.15) is 5.82 Å². The molecule has 0 saturated heterocycles. The summed E-state index contributed by atoms with van der Waals surface area (Å²) in [6.07, 6.45) is -3.52. The van der Waals surface area contributed by atoms with E-state index in [0.29, 0.717) is 25.1 Å². The van der Waals surface area contributed by atoms with Crippen molar-refractivity contribution in [1.29, 1.82) is 0 Å². The zero-order valence-electron chi connectivity index (χ0n) is 17.3. The summed E-state index contributed by atoms with van der Waals surface area (Å²) in [6.45, 7) is 5.45. The molecule has 0 spiro atoms.